The van der Waals surface area contributed by atoms with Crippen LogP contribution in [0.2, 0.25) is 0 Å². The summed E-state index contributed by atoms with van der Waals surface area (Å²) in [6.07, 6.45) is 3.50. The molecule has 0 unspecified atom stereocenters. The van der Waals surface area contributed by atoms with Crippen molar-refractivity contribution >= 4 is 17.7 Å². The number of piperidine rings is 1. The Labute approximate surface area is 125 Å². The largest absolute Gasteiger partial charge is 0.481 e. The molecule has 0 saturated carbocycles. The summed E-state index contributed by atoms with van der Waals surface area (Å²) in [4.78, 5) is 24.8. The Morgan fingerprint density at radius 1 is 1.33 bits per heavy atom. The molecule has 0 aromatic heterocycles. The standard InChI is InChI=1S/C16H22N2O3/c1-2-4-12-6-8-14(9-7-12)17-16(21)18-10-3-5-13(11-18)15(19)20/h6-9,13H,2-5,10-11H2,1H3,(H,17,21)(H,19,20)/t13-/m0/s1. The molecular weight excluding hydrogens is 268 g/mol. The maximum absolute atomic E-state index is 12.2. The first-order chi connectivity index (χ1) is 10.1. The third kappa shape index (κ3) is 4.21. The van der Waals surface area contributed by atoms with E-state index in [4.69, 9.17) is 5.11 Å². The van der Waals surface area contributed by atoms with Gasteiger partial charge in [-0.3, -0.25) is 4.79 Å². The van der Waals surface area contributed by atoms with Crippen LogP contribution in [0.1, 0.15) is 31.7 Å². The van der Waals surface area contributed by atoms with Gasteiger partial charge in [-0.2, -0.15) is 0 Å². The van der Waals surface area contributed by atoms with Gasteiger partial charge in [-0.1, -0.05) is 25.5 Å². The van der Waals surface area contributed by atoms with Gasteiger partial charge in [-0.25, -0.2) is 4.79 Å². The second-order valence-corrected chi connectivity index (χ2v) is 5.50. The number of carbonyl (C=O) groups is 2. The fourth-order valence-electron chi connectivity index (χ4n) is 2.61. The highest BCUT2D eigenvalue weighted by molar-refractivity contribution is 5.89. The fourth-order valence-corrected chi connectivity index (χ4v) is 2.61. The highest BCUT2D eigenvalue weighted by Crippen LogP contribution is 2.18. The van der Waals surface area contributed by atoms with Crippen LogP contribution in [-0.4, -0.2) is 35.1 Å². The number of carboxylic acids is 1. The van der Waals surface area contributed by atoms with Gasteiger partial charge >= 0.3 is 12.0 Å². The van der Waals surface area contributed by atoms with E-state index in [0.717, 1.165) is 24.9 Å². The highest BCUT2D eigenvalue weighted by atomic mass is 16.4. The molecule has 1 aliphatic rings. The number of nitrogens with one attached hydrogen (secondary N) is 1. The van der Waals surface area contributed by atoms with E-state index in [1.54, 1.807) is 4.90 Å². The van der Waals surface area contributed by atoms with Crippen molar-refractivity contribution in [1.29, 1.82) is 0 Å². The highest BCUT2D eigenvalue weighted by Gasteiger charge is 2.28. The summed E-state index contributed by atoms with van der Waals surface area (Å²) in [5.74, 6) is -1.27. The second kappa shape index (κ2) is 7.11. The van der Waals surface area contributed by atoms with Crippen LogP contribution < -0.4 is 5.32 Å². The molecule has 1 fully saturated rings. The number of urea groups is 1. The maximum Gasteiger partial charge on any atom is 0.321 e. The minimum Gasteiger partial charge on any atom is -0.481 e. The molecule has 114 valence electrons. The average Bonchev–Trinajstić information content (AvgIpc) is 2.49. The zero-order chi connectivity index (χ0) is 15.2. The molecule has 0 bridgehead atoms. The number of likely N-dealkylation sites (tertiary alicyclic amines) is 1. The van der Waals surface area contributed by atoms with Crippen LogP contribution in [-0.2, 0) is 11.2 Å². The number of carbonyl (C=O) groups excluding carboxylic acids is 1. The zero-order valence-electron chi connectivity index (χ0n) is 12.3. The topological polar surface area (TPSA) is 69.6 Å². The average molecular weight is 290 g/mol. The molecular formula is C16H22N2O3. The van der Waals surface area contributed by atoms with Crippen molar-refractivity contribution in [3.63, 3.8) is 0 Å². The Kier molecular flexibility index (Phi) is 5.20. The van der Waals surface area contributed by atoms with Crippen molar-refractivity contribution in [1.82, 2.24) is 4.90 Å². The summed E-state index contributed by atoms with van der Waals surface area (Å²) in [6, 6.07) is 7.58. The number of amides is 2. The summed E-state index contributed by atoms with van der Waals surface area (Å²) < 4.78 is 0. The predicted octanol–water partition coefficient (Wildman–Crippen LogP) is 2.97. The van der Waals surface area contributed by atoms with Crippen molar-refractivity contribution in [2.75, 3.05) is 18.4 Å². The first-order valence-corrected chi connectivity index (χ1v) is 7.48. The summed E-state index contributed by atoms with van der Waals surface area (Å²) >= 11 is 0. The van der Waals surface area contributed by atoms with E-state index in [2.05, 4.69) is 12.2 Å². The van der Waals surface area contributed by atoms with Crippen molar-refractivity contribution < 1.29 is 14.7 Å². The van der Waals surface area contributed by atoms with Gasteiger partial charge in [0.15, 0.2) is 0 Å². The zero-order valence-corrected chi connectivity index (χ0v) is 12.3. The molecule has 2 N–H and O–H groups in total. The lowest BCUT2D eigenvalue weighted by molar-refractivity contribution is -0.143. The van der Waals surface area contributed by atoms with Crippen LogP contribution >= 0.6 is 0 Å². The molecule has 0 aliphatic carbocycles. The molecule has 1 aromatic rings. The minimum atomic E-state index is -0.823. The van der Waals surface area contributed by atoms with Crippen LogP contribution in [0.15, 0.2) is 24.3 Å². The van der Waals surface area contributed by atoms with E-state index in [-0.39, 0.29) is 12.6 Å². The molecule has 21 heavy (non-hydrogen) atoms. The first-order valence-electron chi connectivity index (χ1n) is 7.48. The minimum absolute atomic E-state index is 0.218. The van der Waals surface area contributed by atoms with E-state index in [0.29, 0.717) is 13.0 Å². The van der Waals surface area contributed by atoms with Crippen LogP contribution in [0.4, 0.5) is 10.5 Å². The van der Waals surface area contributed by atoms with Crippen molar-refractivity contribution in [2.24, 2.45) is 5.92 Å². The molecule has 2 amide bonds. The number of carboxylic acid groups (broad SMARTS) is 1. The van der Waals surface area contributed by atoms with E-state index < -0.39 is 11.9 Å². The number of hydrogen-bond acceptors (Lipinski definition) is 2. The summed E-state index contributed by atoms with van der Waals surface area (Å²) in [6.45, 7) is 3.03. The number of benzene rings is 1. The fraction of sp³-hybridized carbons (Fsp3) is 0.500. The molecule has 1 heterocycles. The molecule has 2 rings (SSSR count). The van der Waals surface area contributed by atoms with Gasteiger partial charge in [0, 0.05) is 18.8 Å². The Morgan fingerprint density at radius 3 is 2.67 bits per heavy atom. The first kappa shape index (κ1) is 15.4. The Bertz CT molecular complexity index is 499. The maximum atomic E-state index is 12.2. The number of nitrogens with zero attached hydrogens (tertiary/aromatic N) is 1. The van der Waals surface area contributed by atoms with Gasteiger partial charge in [0.25, 0.3) is 0 Å². The lowest BCUT2D eigenvalue weighted by Crippen LogP contribution is -2.44. The van der Waals surface area contributed by atoms with Gasteiger partial charge in [-0.15, -0.1) is 0 Å². The molecule has 5 nitrogen and oxygen atoms in total. The van der Waals surface area contributed by atoms with E-state index in [1.165, 1.54) is 5.56 Å². The molecule has 0 spiro atoms. The van der Waals surface area contributed by atoms with E-state index in [1.807, 2.05) is 24.3 Å². The number of aryl methyl sites for hydroxylation is 1. The second-order valence-electron chi connectivity index (χ2n) is 5.50. The summed E-state index contributed by atoms with van der Waals surface area (Å²) in [5, 5.41) is 11.9. The van der Waals surface area contributed by atoms with Crippen LogP contribution in [0.3, 0.4) is 0 Å². The van der Waals surface area contributed by atoms with Gasteiger partial charge < -0.3 is 15.3 Å². The van der Waals surface area contributed by atoms with E-state index >= 15 is 0 Å². The van der Waals surface area contributed by atoms with Crippen LogP contribution in [0, 0.1) is 5.92 Å². The van der Waals surface area contributed by atoms with Gasteiger partial charge in [0.1, 0.15) is 0 Å². The lowest BCUT2D eigenvalue weighted by atomic mass is 9.99. The molecule has 5 heteroatoms. The Hall–Kier alpha value is -2.04. The van der Waals surface area contributed by atoms with Gasteiger partial charge in [0.2, 0.25) is 0 Å². The molecule has 1 saturated heterocycles. The monoisotopic (exact) mass is 290 g/mol. The Balaban J connectivity index is 1.92. The molecule has 1 aromatic carbocycles. The van der Waals surface area contributed by atoms with E-state index in [9.17, 15) is 9.59 Å². The SMILES string of the molecule is CCCc1ccc(NC(=O)N2CCC[C@H](C(=O)O)C2)cc1. The number of aliphatic carboxylic acids is 1. The lowest BCUT2D eigenvalue weighted by Gasteiger charge is -2.30. The number of anilines is 1. The van der Waals surface area contributed by atoms with Crippen molar-refractivity contribution in [3.8, 4) is 0 Å². The van der Waals surface area contributed by atoms with Crippen molar-refractivity contribution in [2.45, 2.75) is 32.6 Å². The quantitative estimate of drug-likeness (QED) is 0.895. The molecule has 0 radical (unpaired) electrons. The van der Waals surface area contributed by atoms with Gasteiger partial charge in [-0.05, 0) is 37.0 Å². The predicted molar refractivity (Wildman–Crippen MR) is 81.4 cm³/mol. The molecule has 1 aliphatic heterocycles. The third-order valence-corrected chi connectivity index (χ3v) is 3.80. The third-order valence-electron chi connectivity index (χ3n) is 3.80. The number of rotatable bonds is 4. The van der Waals surface area contributed by atoms with Gasteiger partial charge in [0.05, 0.1) is 5.92 Å². The number of hydrogen-bond donors (Lipinski definition) is 2. The van der Waals surface area contributed by atoms with Crippen molar-refractivity contribution in [3.05, 3.63) is 29.8 Å². The van der Waals surface area contributed by atoms with Crippen LogP contribution in [0.25, 0.3) is 0 Å². The summed E-state index contributed by atoms with van der Waals surface area (Å²) in [5.41, 5.74) is 2.00. The normalized spacial score (nSPS) is 18.3. The summed E-state index contributed by atoms with van der Waals surface area (Å²) in [7, 11) is 0. The molecule has 1 atom stereocenters. The Morgan fingerprint density at radius 2 is 2.05 bits per heavy atom. The van der Waals surface area contributed by atoms with Crippen LogP contribution in [0.5, 0.6) is 0 Å². The smallest absolute Gasteiger partial charge is 0.321 e.